The summed E-state index contributed by atoms with van der Waals surface area (Å²) in [5, 5.41) is 0. The third kappa shape index (κ3) is 4.52. The Labute approximate surface area is 189 Å². The van der Waals surface area contributed by atoms with Gasteiger partial charge in [-0.15, -0.1) is 0 Å². The number of hydrogen-bond acceptors (Lipinski definition) is 5. The molecule has 32 heavy (non-hydrogen) atoms. The number of rotatable bonds is 5. The Morgan fingerprint density at radius 1 is 0.875 bits per heavy atom. The van der Waals surface area contributed by atoms with Crippen LogP contribution < -0.4 is 9.64 Å². The Hall–Kier alpha value is -3.22. The molecule has 0 spiro atoms. The molecule has 164 valence electrons. The smallest absolute Gasteiger partial charge is 0.241 e. The first-order chi connectivity index (χ1) is 15.8. The van der Waals surface area contributed by atoms with Crippen LogP contribution in [-0.4, -0.2) is 60.0 Å². The molecule has 2 aliphatic heterocycles. The maximum atomic E-state index is 13.6. The summed E-state index contributed by atoms with van der Waals surface area (Å²) in [4.78, 5) is 24.6. The molecule has 0 radical (unpaired) electrons. The summed E-state index contributed by atoms with van der Waals surface area (Å²) >= 11 is 0. The molecule has 6 nitrogen and oxygen atoms in total. The van der Waals surface area contributed by atoms with Crippen LogP contribution in [0, 0.1) is 0 Å². The topological polar surface area (TPSA) is 48.9 Å². The van der Waals surface area contributed by atoms with E-state index in [1.54, 1.807) is 0 Å². The van der Waals surface area contributed by atoms with Gasteiger partial charge in [-0.05, 0) is 29.8 Å². The van der Waals surface area contributed by atoms with Crippen LogP contribution in [0.4, 0.5) is 5.69 Å². The van der Waals surface area contributed by atoms with Crippen LogP contribution >= 0.6 is 0 Å². The average Bonchev–Trinajstić information content (AvgIpc) is 2.85. The lowest BCUT2D eigenvalue weighted by atomic mass is 10.0. The van der Waals surface area contributed by atoms with Crippen molar-refractivity contribution >= 4 is 11.6 Å². The first kappa shape index (κ1) is 20.7. The van der Waals surface area contributed by atoms with E-state index in [0.717, 1.165) is 55.4 Å². The van der Waals surface area contributed by atoms with Gasteiger partial charge in [0, 0.05) is 38.9 Å². The Bertz CT molecular complexity index is 1040. The van der Waals surface area contributed by atoms with Crippen molar-refractivity contribution in [3.05, 3.63) is 90.3 Å². The number of hydrogen-bond donors (Lipinski definition) is 0. The summed E-state index contributed by atoms with van der Waals surface area (Å²) in [5.41, 5.74) is 3.04. The van der Waals surface area contributed by atoms with Crippen molar-refractivity contribution in [2.75, 3.05) is 44.2 Å². The normalized spacial score (nSPS) is 19.2. The third-order valence-electron chi connectivity index (χ3n) is 6.22. The zero-order valence-electron chi connectivity index (χ0n) is 18.1. The summed E-state index contributed by atoms with van der Waals surface area (Å²) in [6, 6.07) is 23.9. The van der Waals surface area contributed by atoms with Gasteiger partial charge in [0.05, 0.1) is 24.0 Å². The number of pyridine rings is 1. The highest BCUT2D eigenvalue weighted by molar-refractivity contribution is 5.97. The molecule has 2 aliphatic rings. The number of para-hydroxylation sites is 2. The first-order valence-electron chi connectivity index (χ1n) is 11.2. The Morgan fingerprint density at radius 3 is 2.38 bits per heavy atom. The van der Waals surface area contributed by atoms with Crippen LogP contribution in [0.3, 0.4) is 0 Å². The van der Waals surface area contributed by atoms with Gasteiger partial charge in [0.15, 0.2) is 0 Å². The monoisotopic (exact) mass is 428 g/mol. The van der Waals surface area contributed by atoms with Gasteiger partial charge in [-0.3, -0.25) is 24.5 Å². The van der Waals surface area contributed by atoms with Gasteiger partial charge in [0.2, 0.25) is 5.91 Å². The van der Waals surface area contributed by atoms with E-state index in [0.29, 0.717) is 13.2 Å². The number of piperazine rings is 1. The fraction of sp³-hybridized carbons (Fsp3) is 0.308. The molecule has 3 aromatic rings. The number of amides is 1. The SMILES string of the molecule is O=C(CN1CCN(Cc2ccccn2)CC1)N1c2ccccc2OCC1c1ccccc1. The van der Waals surface area contributed by atoms with E-state index in [9.17, 15) is 4.79 Å². The van der Waals surface area contributed by atoms with Crippen molar-refractivity contribution in [1.82, 2.24) is 14.8 Å². The van der Waals surface area contributed by atoms with Crippen LogP contribution in [0.2, 0.25) is 0 Å². The van der Waals surface area contributed by atoms with E-state index < -0.39 is 0 Å². The fourth-order valence-electron chi connectivity index (χ4n) is 4.51. The molecule has 6 heteroatoms. The summed E-state index contributed by atoms with van der Waals surface area (Å²) in [7, 11) is 0. The lowest BCUT2D eigenvalue weighted by Gasteiger charge is -2.39. The van der Waals surface area contributed by atoms with Gasteiger partial charge < -0.3 is 4.74 Å². The van der Waals surface area contributed by atoms with E-state index in [1.807, 2.05) is 65.7 Å². The zero-order chi connectivity index (χ0) is 21.8. The highest BCUT2D eigenvalue weighted by Crippen LogP contribution is 2.39. The Balaban J connectivity index is 1.27. The largest absolute Gasteiger partial charge is 0.489 e. The molecule has 2 aromatic carbocycles. The number of ether oxygens (including phenoxy) is 1. The molecule has 1 atom stereocenters. The van der Waals surface area contributed by atoms with Crippen molar-refractivity contribution in [3.8, 4) is 5.75 Å². The van der Waals surface area contributed by atoms with Gasteiger partial charge in [0.25, 0.3) is 0 Å². The molecular weight excluding hydrogens is 400 g/mol. The van der Waals surface area contributed by atoms with Gasteiger partial charge in [0.1, 0.15) is 12.4 Å². The molecule has 1 saturated heterocycles. The van der Waals surface area contributed by atoms with Crippen molar-refractivity contribution < 1.29 is 9.53 Å². The second kappa shape index (κ2) is 9.51. The Morgan fingerprint density at radius 2 is 1.59 bits per heavy atom. The lowest BCUT2D eigenvalue weighted by Crippen LogP contribution is -2.51. The number of aromatic nitrogens is 1. The molecule has 5 rings (SSSR count). The van der Waals surface area contributed by atoms with Crippen LogP contribution in [0.5, 0.6) is 5.75 Å². The molecule has 0 bridgehead atoms. The fourth-order valence-corrected chi connectivity index (χ4v) is 4.51. The molecule has 1 fully saturated rings. The van der Waals surface area contributed by atoms with Crippen molar-refractivity contribution in [3.63, 3.8) is 0 Å². The van der Waals surface area contributed by atoms with Gasteiger partial charge in [-0.2, -0.15) is 0 Å². The maximum Gasteiger partial charge on any atom is 0.241 e. The molecule has 0 saturated carbocycles. The zero-order valence-corrected chi connectivity index (χ0v) is 18.1. The number of nitrogens with zero attached hydrogens (tertiary/aromatic N) is 4. The van der Waals surface area contributed by atoms with Crippen LogP contribution in [0.25, 0.3) is 0 Å². The summed E-state index contributed by atoms with van der Waals surface area (Å²) in [6.07, 6.45) is 1.84. The predicted molar refractivity (Wildman–Crippen MR) is 125 cm³/mol. The minimum atomic E-state index is -0.121. The third-order valence-corrected chi connectivity index (χ3v) is 6.22. The summed E-state index contributed by atoms with van der Waals surface area (Å²) < 4.78 is 6.01. The van der Waals surface area contributed by atoms with E-state index in [4.69, 9.17) is 4.74 Å². The molecule has 0 N–H and O–H groups in total. The summed E-state index contributed by atoms with van der Waals surface area (Å²) in [6.45, 7) is 5.35. The van der Waals surface area contributed by atoms with Crippen LogP contribution in [-0.2, 0) is 11.3 Å². The van der Waals surface area contributed by atoms with Gasteiger partial charge in [-0.25, -0.2) is 0 Å². The highest BCUT2D eigenvalue weighted by atomic mass is 16.5. The quantitative estimate of drug-likeness (QED) is 0.624. The molecule has 1 amide bonds. The number of carbonyl (C=O) groups is 1. The molecule has 1 unspecified atom stereocenters. The minimum Gasteiger partial charge on any atom is -0.489 e. The van der Waals surface area contributed by atoms with Crippen molar-refractivity contribution in [2.45, 2.75) is 12.6 Å². The minimum absolute atomic E-state index is 0.118. The lowest BCUT2D eigenvalue weighted by molar-refractivity contribution is -0.121. The number of anilines is 1. The predicted octanol–water partition coefficient (Wildman–Crippen LogP) is 3.37. The van der Waals surface area contributed by atoms with Crippen molar-refractivity contribution in [1.29, 1.82) is 0 Å². The van der Waals surface area contributed by atoms with Crippen molar-refractivity contribution in [2.24, 2.45) is 0 Å². The van der Waals surface area contributed by atoms with Crippen LogP contribution in [0.1, 0.15) is 17.3 Å². The number of carbonyl (C=O) groups excluding carboxylic acids is 1. The maximum absolute atomic E-state index is 13.6. The molecule has 1 aromatic heterocycles. The van der Waals surface area contributed by atoms with E-state index in [1.165, 1.54) is 0 Å². The second-order valence-electron chi connectivity index (χ2n) is 8.34. The van der Waals surface area contributed by atoms with Gasteiger partial charge >= 0.3 is 0 Å². The number of benzene rings is 2. The van der Waals surface area contributed by atoms with E-state index in [-0.39, 0.29) is 11.9 Å². The van der Waals surface area contributed by atoms with Gasteiger partial charge in [-0.1, -0.05) is 48.5 Å². The molecule has 0 aliphatic carbocycles. The van der Waals surface area contributed by atoms with E-state index in [2.05, 4.69) is 33.0 Å². The number of fused-ring (bicyclic) bond motifs is 1. The average molecular weight is 429 g/mol. The second-order valence-corrected chi connectivity index (χ2v) is 8.34. The molecule has 3 heterocycles. The highest BCUT2D eigenvalue weighted by Gasteiger charge is 2.34. The Kier molecular flexibility index (Phi) is 6.14. The standard InChI is InChI=1S/C26H28N4O2/c31-26(19-29-16-14-28(15-17-29)18-22-10-6-7-13-27-22)30-23-11-4-5-12-25(23)32-20-24(30)21-8-2-1-3-9-21/h1-13,24H,14-20H2. The van der Waals surface area contributed by atoms with Crippen LogP contribution in [0.15, 0.2) is 79.0 Å². The summed E-state index contributed by atoms with van der Waals surface area (Å²) in [5.74, 6) is 0.890. The molecular formula is C26H28N4O2. The van der Waals surface area contributed by atoms with E-state index >= 15 is 0 Å². The first-order valence-corrected chi connectivity index (χ1v) is 11.2.